The van der Waals surface area contributed by atoms with Gasteiger partial charge in [-0.1, -0.05) is 18.2 Å². The van der Waals surface area contributed by atoms with Crippen molar-refractivity contribution in [2.24, 2.45) is 0 Å². The minimum Gasteiger partial charge on any atom is -0.508 e. The van der Waals surface area contributed by atoms with Crippen LogP contribution in [0.1, 0.15) is 12.5 Å². The van der Waals surface area contributed by atoms with Crippen LogP contribution in [0.2, 0.25) is 0 Å². The first-order valence-corrected chi connectivity index (χ1v) is 8.20. The molecule has 1 heterocycles. The number of carbonyl (C=O) groups is 2. The lowest BCUT2D eigenvalue weighted by atomic mass is 10.2. The highest BCUT2D eigenvalue weighted by atomic mass is 32.2. The van der Waals surface area contributed by atoms with Gasteiger partial charge in [0.05, 0.1) is 17.2 Å². The van der Waals surface area contributed by atoms with E-state index in [9.17, 15) is 14.7 Å². The number of anilines is 1. The number of nitrogens with zero attached hydrogens (tertiary/aromatic N) is 1. The fourth-order valence-electron chi connectivity index (χ4n) is 2.30. The van der Waals surface area contributed by atoms with Crippen LogP contribution in [-0.4, -0.2) is 22.9 Å². The fourth-order valence-corrected chi connectivity index (χ4v) is 3.14. The van der Waals surface area contributed by atoms with E-state index in [1.165, 1.54) is 12.1 Å². The second kappa shape index (κ2) is 6.80. The van der Waals surface area contributed by atoms with Crippen molar-refractivity contribution >= 4 is 34.7 Å². The molecular formula is C18H15NO4S. The molecule has 0 saturated carbocycles. The van der Waals surface area contributed by atoms with Gasteiger partial charge in [-0.25, -0.2) is 4.90 Å². The third-order valence-electron chi connectivity index (χ3n) is 3.37. The summed E-state index contributed by atoms with van der Waals surface area (Å²) >= 11 is 0.877. The van der Waals surface area contributed by atoms with E-state index in [1.807, 2.05) is 31.2 Å². The molecule has 122 valence electrons. The Morgan fingerprint density at radius 3 is 2.58 bits per heavy atom. The second-order valence-electron chi connectivity index (χ2n) is 5.04. The molecule has 5 nitrogen and oxygen atoms in total. The van der Waals surface area contributed by atoms with Crippen LogP contribution in [0.15, 0.2) is 53.4 Å². The molecule has 2 amide bonds. The highest BCUT2D eigenvalue weighted by molar-refractivity contribution is 8.19. The van der Waals surface area contributed by atoms with Crippen molar-refractivity contribution in [1.29, 1.82) is 0 Å². The Kier molecular flexibility index (Phi) is 4.57. The molecular weight excluding hydrogens is 326 g/mol. The summed E-state index contributed by atoms with van der Waals surface area (Å²) in [6.07, 6.45) is 1.67. The van der Waals surface area contributed by atoms with E-state index in [0.717, 1.165) is 28.0 Å². The topological polar surface area (TPSA) is 66.8 Å². The van der Waals surface area contributed by atoms with Gasteiger partial charge in [0, 0.05) is 6.07 Å². The van der Waals surface area contributed by atoms with E-state index in [1.54, 1.807) is 18.2 Å². The number of aromatic hydroxyl groups is 1. The van der Waals surface area contributed by atoms with E-state index in [2.05, 4.69) is 0 Å². The molecule has 0 bridgehead atoms. The maximum Gasteiger partial charge on any atom is 0.298 e. The van der Waals surface area contributed by atoms with Crippen LogP contribution in [0.3, 0.4) is 0 Å². The minimum absolute atomic E-state index is 0.00189. The predicted octanol–water partition coefficient (Wildman–Crippen LogP) is 4.03. The second-order valence-corrected chi connectivity index (χ2v) is 6.03. The summed E-state index contributed by atoms with van der Waals surface area (Å²) < 4.78 is 5.38. The first kappa shape index (κ1) is 16.1. The van der Waals surface area contributed by atoms with Crippen LogP contribution in [0.5, 0.6) is 11.5 Å². The summed E-state index contributed by atoms with van der Waals surface area (Å²) in [7, 11) is 0. The summed E-state index contributed by atoms with van der Waals surface area (Å²) in [6, 6.07) is 13.3. The number of thioether (sulfide) groups is 1. The fraction of sp³-hybridized carbons (Fsp3) is 0.111. The van der Waals surface area contributed by atoms with E-state index >= 15 is 0 Å². The van der Waals surface area contributed by atoms with Gasteiger partial charge in [-0.05, 0) is 54.6 Å². The van der Waals surface area contributed by atoms with Crippen LogP contribution < -0.4 is 9.64 Å². The zero-order valence-corrected chi connectivity index (χ0v) is 13.7. The predicted molar refractivity (Wildman–Crippen MR) is 94.2 cm³/mol. The largest absolute Gasteiger partial charge is 0.508 e. The van der Waals surface area contributed by atoms with E-state index in [-0.39, 0.29) is 11.0 Å². The molecule has 2 aromatic carbocycles. The SMILES string of the molecule is CCOc1ccc(C=C2SC(=O)N(c3cccc(O)c3)C2=O)cc1. The normalized spacial score (nSPS) is 16.0. The van der Waals surface area contributed by atoms with Crippen molar-refractivity contribution < 1.29 is 19.4 Å². The Morgan fingerprint density at radius 2 is 1.92 bits per heavy atom. The zero-order chi connectivity index (χ0) is 17.1. The standard InChI is InChI=1S/C18H15NO4S/c1-2-23-15-8-6-12(7-9-15)10-16-17(21)19(18(22)24-16)13-4-3-5-14(20)11-13/h3-11,20H,2H2,1H3. The zero-order valence-electron chi connectivity index (χ0n) is 12.9. The number of hydrogen-bond acceptors (Lipinski definition) is 5. The van der Waals surface area contributed by atoms with Crippen molar-refractivity contribution in [3.63, 3.8) is 0 Å². The Hall–Kier alpha value is -2.73. The summed E-state index contributed by atoms with van der Waals surface area (Å²) in [5.74, 6) is 0.356. The summed E-state index contributed by atoms with van der Waals surface area (Å²) in [4.78, 5) is 26.1. The smallest absolute Gasteiger partial charge is 0.298 e. The Bertz CT molecular complexity index is 814. The summed E-state index contributed by atoms with van der Waals surface area (Å²) in [5.41, 5.74) is 1.16. The number of imide groups is 1. The monoisotopic (exact) mass is 341 g/mol. The first-order valence-electron chi connectivity index (χ1n) is 7.38. The molecule has 0 aliphatic carbocycles. The molecule has 1 aliphatic heterocycles. The molecule has 6 heteroatoms. The maximum absolute atomic E-state index is 12.5. The van der Waals surface area contributed by atoms with Crippen molar-refractivity contribution in [2.75, 3.05) is 11.5 Å². The van der Waals surface area contributed by atoms with E-state index in [0.29, 0.717) is 17.2 Å². The van der Waals surface area contributed by atoms with Crippen LogP contribution in [-0.2, 0) is 4.79 Å². The lowest BCUT2D eigenvalue weighted by molar-refractivity contribution is -0.113. The molecule has 24 heavy (non-hydrogen) atoms. The first-order chi connectivity index (χ1) is 11.6. The number of rotatable bonds is 4. The van der Waals surface area contributed by atoms with Crippen LogP contribution >= 0.6 is 11.8 Å². The lowest BCUT2D eigenvalue weighted by Gasteiger charge is -2.12. The van der Waals surface area contributed by atoms with Crippen molar-refractivity contribution in [2.45, 2.75) is 6.92 Å². The van der Waals surface area contributed by atoms with Gasteiger partial charge in [0.25, 0.3) is 11.1 Å². The average molecular weight is 341 g/mol. The molecule has 1 aliphatic rings. The van der Waals surface area contributed by atoms with Crippen LogP contribution in [0.4, 0.5) is 10.5 Å². The van der Waals surface area contributed by atoms with Gasteiger partial charge >= 0.3 is 0 Å². The highest BCUT2D eigenvalue weighted by Gasteiger charge is 2.36. The molecule has 0 atom stereocenters. The molecule has 0 aromatic heterocycles. The molecule has 1 saturated heterocycles. The van der Waals surface area contributed by atoms with Crippen molar-refractivity contribution in [3.05, 3.63) is 59.0 Å². The third kappa shape index (κ3) is 3.28. The Balaban J connectivity index is 1.85. The molecule has 3 rings (SSSR count). The number of phenols is 1. The summed E-state index contributed by atoms with van der Waals surface area (Å²) in [6.45, 7) is 2.49. The van der Waals surface area contributed by atoms with Crippen molar-refractivity contribution in [1.82, 2.24) is 0 Å². The number of benzene rings is 2. The lowest BCUT2D eigenvalue weighted by Crippen LogP contribution is -2.27. The molecule has 2 aromatic rings. The molecule has 0 unspecified atom stereocenters. The van der Waals surface area contributed by atoms with Gasteiger partial charge in [0.1, 0.15) is 11.5 Å². The molecule has 1 N–H and O–H groups in total. The minimum atomic E-state index is -0.399. The summed E-state index contributed by atoms with van der Waals surface area (Å²) in [5, 5.41) is 9.15. The van der Waals surface area contributed by atoms with Gasteiger partial charge in [-0.15, -0.1) is 0 Å². The van der Waals surface area contributed by atoms with Gasteiger partial charge in [0.2, 0.25) is 0 Å². The number of amides is 2. The van der Waals surface area contributed by atoms with Gasteiger partial charge in [-0.2, -0.15) is 0 Å². The quantitative estimate of drug-likeness (QED) is 0.851. The Morgan fingerprint density at radius 1 is 1.17 bits per heavy atom. The number of carbonyl (C=O) groups excluding carboxylic acids is 2. The molecule has 0 radical (unpaired) electrons. The number of hydrogen-bond donors (Lipinski definition) is 1. The molecule has 0 spiro atoms. The van der Waals surface area contributed by atoms with E-state index in [4.69, 9.17) is 4.74 Å². The highest BCUT2D eigenvalue weighted by Crippen LogP contribution is 2.36. The van der Waals surface area contributed by atoms with E-state index < -0.39 is 5.91 Å². The maximum atomic E-state index is 12.5. The average Bonchev–Trinajstić information content (AvgIpc) is 2.83. The van der Waals surface area contributed by atoms with Gasteiger partial charge in [-0.3, -0.25) is 9.59 Å². The van der Waals surface area contributed by atoms with Crippen LogP contribution in [0, 0.1) is 0 Å². The number of phenolic OH excluding ortho intramolecular Hbond substituents is 1. The van der Waals surface area contributed by atoms with Gasteiger partial charge < -0.3 is 9.84 Å². The van der Waals surface area contributed by atoms with Crippen molar-refractivity contribution in [3.8, 4) is 11.5 Å². The van der Waals surface area contributed by atoms with Crippen LogP contribution in [0.25, 0.3) is 6.08 Å². The third-order valence-corrected chi connectivity index (χ3v) is 4.24. The Labute approximate surface area is 143 Å². The molecule has 1 fully saturated rings. The van der Waals surface area contributed by atoms with Gasteiger partial charge in [0.15, 0.2) is 0 Å². The number of ether oxygens (including phenoxy) is 1.